The van der Waals surface area contributed by atoms with Crippen molar-refractivity contribution in [2.24, 2.45) is 0 Å². The second kappa shape index (κ2) is 8.76. The van der Waals surface area contributed by atoms with Gasteiger partial charge in [0, 0.05) is 11.8 Å². The van der Waals surface area contributed by atoms with Gasteiger partial charge in [0.1, 0.15) is 0 Å². The van der Waals surface area contributed by atoms with Gasteiger partial charge < -0.3 is 4.98 Å². The fourth-order valence-corrected chi connectivity index (χ4v) is 7.88. The van der Waals surface area contributed by atoms with Crippen LogP contribution in [0.4, 0.5) is 0 Å². The van der Waals surface area contributed by atoms with Crippen molar-refractivity contribution in [1.82, 2.24) is 0 Å². The van der Waals surface area contributed by atoms with Crippen LogP contribution in [0.25, 0.3) is 4.98 Å². The molecular weight excluding hydrogens is 389 g/mol. The van der Waals surface area contributed by atoms with Gasteiger partial charge >= 0.3 is 35.6 Å². The molecule has 24 heavy (non-hydrogen) atoms. The molecule has 0 aromatic heterocycles. The van der Waals surface area contributed by atoms with Crippen LogP contribution in [0.1, 0.15) is 46.5 Å². The first-order chi connectivity index (χ1) is 11.2. The van der Waals surface area contributed by atoms with Crippen LogP contribution in [0.3, 0.4) is 0 Å². The molecule has 0 saturated heterocycles. The van der Waals surface area contributed by atoms with Crippen LogP contribution < -0.4 is 0 Å². The molecule has 3 aliphatic carbocycles. The minimum atomic E-state index is -1.78. The summed E-state index contributed by atoms with van der Waals surface area (Å²) < 4.78 is 0. The predicted octanol–water partition coefficient (Wildman–Crippen LogP) is 6.87. The van der Waals surface area contributed by atoms with Crippen molar-refractivity contribution >= 4 is 26.8 Å². The maximum atomic E-state index is 5.28. The molecule has 2 saturated carbocycles. The summed E-state index contributed by atoms with van der Waals surface area (Å²) in [4.78, 5) is 5.28. The van der Waals surface area contributed by atoms with E-state index in [-0.39, 0.29) is 5.54 Å². The molecule has 5 heteroatoms. The van der Waals surface area contributed by atoms with E-state index in [9.17, 15) is 0 Å². The van der Waals surface area contributed by atoms with Gasteiger partial charge in [0.2, 0.25) is 0 Å². The van der Waals surface area contributed by atoms with E-state index in [4.69, 9.17) is 23.6 Å². The number of allylic oxidation sites excluding steroid dienone is 4. The van der Waals surface area contributed by atoms with Gasteiger partial charge in [-0.1, -0.05) is 79.2 Å². The Kier molecular flexibility index (Phi) is 7.76. The number of hydrogen-bond acceptors (Lipinski definition) is 0. The molecule has 0 aliphatic heterocycles. The van der Waals surface area contributed by atoms with Crippen molar-refractivity contribution in [3.8, 4) is 0 Å². The van der Waals surface area contributed by atoms with E-state index >= 15 is 0 Å². The molecule has 0 N–H and O–H groups in total. The van der Waals surface area contributed by atoms with Crippen LogP contribution in [-0.2, 0) is 17.0 Å². The Morgan fingerprint density at radius 1 is 0.958 bits per heavy atom. The number of nitrogens with zero attached hydrogens (tertiary/aromatic N) is 1. The topological polar surface area (TPSA) is 14.1 Å². The molecule has 0 aromatic carbocycles. The van der Waals surface area contributed by atoms with E-state index in [1.165, 1.54) is 37.5 Å². The first-order valence-electron chi connectivity index (χ1n) is 8.61. The summed E-state index contributed by atoms with van der Waals surface area (Å²) in [6.45, 7) is 11.6. The van der Waals surface area contributed by atoms with Gasteiger partial charge in [-0.3, -0.25) is 0 Å². The van der Waals surface area contributed by atoms with Crippen molar-refractivity contribution in [2.75, 3.05) is 0 Å². The summed E-state index contributed by atoms with van der Waals surface area (Å²) in [6, 6.07) is 0. The zero-order valence-electron chi connectivity index (χ0n) is 15.3. The number of fused-ring (bicyclic) bond motifs is 3. The number of hydrogen-bond donors (Lipinski definition) is 0. The molecule has 5 radical (unpaired) electrons. The molecule has 0 amide bonds. The molecule has 3 rings (SSSR count). The van der Waals surface area contributed by atoms with Crippen molar-refractivity contribution in [2.45, 2.75) is 65.1 Å². The Morgan fingerprint density at radius 3 is 2.00 bits per heavy atom. The van der Waals surface area contributed by atoms with Crippen molar-refractivity contribution in [3.63, 3.8) is 0 Å². The summed E-state index contributed by atoms with van der Waals surface area (Å²) in [6.07, 6.45) is 14.2. The minimum absolute atomic E-state index is 0.0512. The third-order valence-electron chi connectivity index (χ3n) is 4.52. The summed E-state index contributed by atoms with van der Waals surface area (Å²) >= 11 is -0.556. The molecule has 2 fully saturated rings. The summed E-state index contributed by atoms with van der Waals surface area (Å²) in [7, 11) is 8.00. The number of rotatable bonds is 2. The Labute approximate surface area is 166 Å². The van der Waals surface area contributed by atoms with Crippen LogP contribution in [0.5, 0.6) is 0 Å². The molecule has 3 aliphatic rings. The van der Waals surface area contributed by atoms with E-state index in [2.05, 4.69) is 58.2 Å². The van der Waals surface area contributed by atoms with Crippen molar-refractivity contribution < 1.29 is 17.0 Å². The van der Waals surface area contributed by atoms with Gasteiger partial charge in [-0.05, 0) is 30.2 Å². The monoisotopic (exact) mass is 415 g/mol. The molecule has 1 nitrogen and oxygen atoms in total. The first kappa shape index (κ1) is 21.3. The Morgan fingerprint density at radius 2 is 1.46 bits per heavy atom. The Hall–Kier alpha value is 0.951. The summed E-state index contributed by atoms with van der Waals surface area (Å²) in [5, 5.41) is 0. The second-order valence-corrected chi connectivity index (χ2v) is 14.4. The molecule has 0 aromatic rings. The van der Waals surface area contributed by atoms with Gasteiger partial charge in [0.05, 0.1) is 0 Å². The van der Waals surface area contributed by atoms with Crippen LogP contribution in [0, 0.1) is 29.2 Å². The van der Waals surface area contributed by atoms with E-state index < -0.39 is 25.3 Å². The van der Waals surface area contributed by atoms with Crippen LogP contribution in [0.2, 0.25) is 13.1 Å². The third-order valence-corrected chi connectivity index (χ3v) is 7.54. The quantitative estimate of drug-likeness (QED) is 0.437. The summed E-state index contributed by atoms with van der Waals surface area (Å²) in [5.74, 6) is 6.30. The average Bonchev–Trinajstić information content (AvgIpc) is 2.81. The first-order valence-corrected chi connectivity index (χ1v) is 15.9. The zero-order chi connectivity index (χ0) is 18.0. The van der Waals surface area contributed by atoms with Gasteiger partial charge in [-0.2, -0.15) is 0 Å². The molecular formula is C19H27Cl2NSiTi-. The third kappa shape index (κ3) is 5.02. The fraction of sp³-hybridized carbons (Fsp3) is 0.526. The maximum absolute atomic E-state index is 5.28. The van der Waals surface area contributed by atoms with Crippen LogP contribution >= 0.6 is 18.6 Å². The van der Waals surface area contributed by atoms with Gasteiger partial charge in [0.15, 0.2) is 0 Å². The Bertz CT molecular complexity index is 472. The average molecular weight is 416 g/mol. The van der Waals surface area contributed by atoms with E-state index in [0.717, 1.165) is 0 Å². The van der Waals surface area contributed by atoms with Gasteiger partial charge in [-0.25, -0.2) is 0 Å². The van der Waals surface area contributed by atoms with E-state index in [1.54, 1.807) is 17.4 Å². The van der Waals surface area contributed by atoms with Gasteiger partial charge in [0.25, 0.3) is 0 Å². The molecule has 0 spiro atoms. The zero-order valence-corrected chi connectivity index (χ0v) is 19.4. The van der Waals surface area contributed by atoms with Gasteiger partial charge in [-0.15, -0.1) is 5.54 Å². The SMILES string of the molecule is CC(C)(C)[N-][Si](C)(C)[C]1[C]2C=CC=C[C]2[C]2CCCC[C]21.[Cl][Ti][Cl]. The van der Waals surface area contributed by atoms with E-state index in [1.807, 2.05) is 0 Å². The van der Waals surface area contributed by atoms with Crippen molar-refractivity contribution in [1.29, 1.82) is 0 Å². The molecule has 0 unspecified atom stereocenters. The number of halogens is 2. The molecule has 0 atom stereocenters. The Balaban J connectivity index is 0.000000647. The standard InChI is InChI=1S/C19H27NSi.2ClH.Ti/c1-19(2,3)20-21(4,5)18-16-12-8-6-10-14(16)15-11-7-9-13-17(15)18;;;/h6,8,10,12H,7,9,11,13H2,1-5H3;2*1H;/q-1;;;+2/p-2. The second-order valence-electron chi connectivity index (χ2n) is 8.00. The summed E-state index contributed by atoms with van der Waals surface area (Å²) in [5.41, 5.74) is 1.68. The normalized spacial score (nSPS) is 23.6. The molecule has 0 heterocycles. The van der Waals surface area contributed by atoms with Crippen LogP contribution in [-0.4, -0.2) is 13.8 Å². The fourth-order valence-electron chi connectivity index (χ4n) is 4.20. The molecule has 0 bridgehead atoms. The molecule has 131 valence electrons. The van der Waals surface area contributed by atoms with Crippen LogP contribution in [0.15, 0.2) is 24.3 Å². The van der Waals surface area contributed by atoms with Crippen molar-refractivity contribution in [3.05, 3.63) is 58.5 Å². The predicted molar refractivity (Wildman–Crippen MR) is 105 cm³/mol. The van der Waals surface area contributed by atoms with E-state index in [0.29, 0.717) is 0 Å².